The summed E-state index contributed by atoms with van der Waals surface area (Å²) >= 11 is 6.32. The molecule has 1 atom stereocenters. The van der Waals surface area contributed by atoms with E-state index in [-0.39, 0.29) is 0 Å². The number of anilines is 2. The van der Waals surface area contributed by atoms with E-state index in [4.69, 9.17) is 17.3 Å². The highest BCUT2D eigenvalue weighted by atomic mass is 35.5. The van der Waals surface area contributed by atoms with Crippen LogP contribution in [-0.2, 0) is 4.79 Å². The zero-order chi connectivity index (χ0) is 19.5. The quantitative estimate of drug-likeness (QED) is 0.644. The van der Waals surface area contributed by atoms with Crippen molar-refractivity contribution in [2.24, 2.45) is 11.8 Å². The van der Waals surface area contributed by atoms with Crippen molar-refractivity contribution in [3.05, 3.63) is 23.2 Å². The highest BCUT2D eigenvalue weighted by Gasteiger charge is 2.33. The number of hydrogen-bond donors (Lipinski definition) is 1. The minimum absolute atomic E-state index is 0.355. The van der Waals surface area contributed by atoms with Gasteiger partial charge in [-0.05, 0) is 55.7 Å². The zero-order valence-electron chi connectivity index (χ0n) is 16.9. The topological polar surface area (TPSA) is 49.6 Å². The Morgan fingerprint density at radius 1 is 1.11 bits per heavy atom. The Morgan fingerprint density at radius 2 is 1.86 bits per heavy atom. The van der Waals surface area contributed by atoms with Crippen molar-refractivity contribution in [2.45, 2.75) is 70.3 Å². The van der Waals surface area contributed by atoms with Crippen molar-refractivity contribution in [3.63, 3.8) is 0 Å². The number of amides is 1. The van der Waals surface area contributed by atoms with Gasteiger partial charge >= 0.3 is 0 Å². The molecular weight excluding hydrogens is 370 g/mol. The van der Waals surface area contributed by atoms with Gasteiger partial charge in [0.05, 0.1) is 10.7 Å². The van der Waals surface area contributed by atoms with E-state index >= 15 is 0 Å². The molecule has 0 radical (unpaired) electrons. The maximum Gasteiger partial charge on any atom is 0.222 e. The molecule has 28 heavy (non-hydrogen) atoms. The molecular formula is C23H34ClN3O. The van der Waals surface area contributed by atoms with Crippen LogP contribution in [-0.4, -0.2) is 36.5 Å². The summed E-state index contributed by atoms with van der Waals surface area (Å²) in [6.07, 6.45) is 12.2. The first kappa shape index (κ1) is 19.9. The summed E-state index contributed by atoms with van der Waals surface area (Å²) in [5, 5.41) is 0.624. The van der Waals surface area contributed by atoms with Gasteiger partial charge in [-0.3, -0.25) is 4.79 Å². The average Bonchev–Trinajstić information content (AvgIpc) is 3.33. The van der Waals surface area contributed by atoms with Crippen LogP contribution >= 0.6 is 11.6 Å². The number of likely N-dealkylation sites (tertiary alicyclic amines) is 1. The summed E-state index contributed by atoms with van der Waals surface area (Å²) in [7, 11) is 0. The number of nitrogens with two attached hydrogens (primary N) is 1. The summed E-state index contributed by atoms with van der Waals surface area (Å²) in [4.78, 5) is 17.4. The Hall–Kier alpha value is -1.42. The molecule has 1 amide bonds. The third-order valence-corrected chi connectivity index (χ3v) is 7.52. The Kier molecular flexibility index (Phi) is 6.35. The minimum Gasteiger partial charge on any atom is -0.398 e. The first-order chi connectivity index (χ1) is 13.6. The Morgan fingerprint density at radius 3 is 2.54 bits per heavy atom. The fraction of sp³-hybridized carbons (Fsp3) is 0.696. The van der Waals surface area contributed by atoms with Crippen LogP contribution in [0.4, 0.5) is 11.4 Å². The van der Waals surface area contributed by atoms with Gasteiger partial charge in [0, 0.05) is 37.8 Å². The maximum atomic E-state index is 12.8. The summed E-state index contributed by atoms with van der Waals surface area (Å²) in [6.45, 7) is 2.80. The van der Waals surface area contributed by atoms with Gasteiger partial charge in [0.15, 0.2) is 0 Å². The van der Waals surface area contributed by atoms with E-state index in [2.05, 4.69) is 15.9 Å². The molecule has 1 saturated heterocycles. The highest BCUT2D eigenvalue weighted by molar-refractivity contribution is 6.33. The van der Waals surface area contributed by atoms with Crippen molar-refractivity contribution in [1.29, 1.82) is 0 Å². The first-order valence-corrected chi connectivity index (χ1v) is 11.6. The van der Waals surface area contributed by atoms with Gasteiger partial charge in [-0.1, -0.05) is 43.7 Å². The number of nitrogens with zero attached hydrogens (tertiary/aromatic N) is 2. The van der Waals surface area contributed by atoms with Gasteiger partial charge in [0.25, 0.3) is 0 Å². The second-order valence-corrected chi connectivity index (χ2v) is 9.53. The fourth-order valence-corrected chi connectivity index (χ4v) is 5.30. The van der Waals surface area contributed by atoms with E-state index in [1.807, 2.05) is 12.1 Å². The van der Waals surface area contributed by atoms with Crippen LogP contribution in [0.3, 0.4) is 0 Å². The van der Waals surface area contributed by atoms with Crippen LogP contribution in [0.2, 0.25) is 5.02 Å². The van der Waals surface area contributed by atoms with E-state index in [9.17, 15) is 4.79 Å². The van der Waals surface area contributed by atoms with Gasteiger partial charge in [-0.2, -0.15) is 0 Å². The number of benzene rings is 1. The summed E-state index contributed by atoms with van der Waals surface area (Å²) in [6, 6.07) is 6.38. The van der Waals surface area contributed by atoms with E-state index < -0.39 is 0 Å². The van der Waals surface area contributed by atoms with Crippen molar-refractivity contribution >= 4 is 28.9 Å². The molecule has 1 aliphatic heterocycles. The van der Waals surface area contributed by atoms with Crippen LogP contribution < -0.4 is 10.6 Å². The summed E-state index contributed by atoms with van der Waals surface area (Å²) < 4.78 is 0. The van der Waals surface area contributed by atoms with E-state index in [0.717, 1.165) is 56.4 Å². The lowest BCUT2D eigenvalue weighted by Crippen LogP contribution is -2.43. The zero-order valence-corrected chi connectivity index (χ0v) is 17.7. The smallest absolute Gasteiger partial charge is 0.222 e. The molecule has 0 aromatic heterocycles. The molecule has 2 aliphatic carbocycles. The average molecular weight is 404 g/mol. The third-order valence-electron chi connectivity index (χ3n) is 7.19. The van der Waals surface area contributed by atoms with Crippen molar-refractivity contribution in [2.75, 3.05) is 30.3 Å². The number of rotatable bonds is 7. The number of nitrogen functional groups attached to an aromatic ring is 1. The van der Waals surface area contributed by atoms with E-state index in [1.54, 1.807) is 0 Å². The molecule has 2 saturated carbocycles. The Labute approximate surface area is 174 Å². The second kappa shape index (κ2) is 8.94. The lowest BCUT2D eigenvalue weighted by Gasteiger charge is -2.37. The number of halogens is 1. The molecule has 2 N–H and O–H groups in total. The van der Waals surface area contributed by atoms with Crippen LogP contribution in [0, 0.1) is 11.8 Å². The molecule has 1 aromatic rings. The van der Waals surface area contributed by atoms with Crippen molar-refractivity contribution < 1.29 is 4.79 Å². The molecule has 1 aromatic carbocycles. The molecule has 0 bridgehead atoms. The summed E-state index contributed by atoms with van der Waals surface area (Å²) in [5.41, 5.74) is 7.70. The lowest BCUT2D eigenvalue weighted by molar-refractivity contribution is -0.130. The third kappa shape index (κ3) is 4.59. The normalized spacial score (nSPS) is 23.2. The fourth-order valence-electron chi connectivity index (χ4n) is 5.12. The Balaban J connectivity index is 1.38. The standard InChI is InChI=1S/C23H34ClN3O/c24-21-14-19(9-10-22(21)25)27(15-18-6-3-7-18)20-12-13-26(16-20)23(28)11-8-17-4-1-2-5-17/h9-10,14,17-18,20H,1-8,11-13,15-16,25H2. The predicted molar refractivity (Wildman–Crippen MR) is 117 cm³/mol. The molecule has 1 unspecified atom stereocenters. The monoisotopic (exact) mass is 403 g/mol. The molecule has 4 rings (SSSR count). The predicted octanol–water partition coefficient (Wildman–Crippen LogP) is 5.10. The van der Waals surface area contributed by atoms with Crippen LogP contribution in [0.1, 0.15) is 64.2 Å². The first-order valence-electron chi connectivity index (χ1n) is 11.2. The molecule has 1 heterocycles. The molecule has 0 spiro atoms. The van der Waals surface area contributed by atoms with Crippen molar-refractivity contribution in [3.8, 4) is 0 Å². The molecule has 3 fully saturated rings. The lowest BCUT2D eigenvalue weighted by atomic mass is 9.84. The molecule has 5 heteroatoms. The van der Waals surface area contributed by atoms with Gasteiger partial charge < -0.3 is 15.5 Å². The Bertz CT molecular complexity index is 684. The second-order valence-electron chi connectivity index (χ2n) is 9.13. The van der Waals surface area contributed by atoms with Gasteiger partial charge in [0.1, 0.15) is 0 Å². The largest absolute Gasteiger partial charge is 0.398 e. The van der Waals surface area contributed by atoms with Gasteiger partial charge in [-0.25, -0.2) is 0 Å². The van der Waals surface area contributed by atoms with Crippen LogP contribution in [0.5, 0.6) is 0 Å². The molecule has 154 valence electrons. The van der Waals surface area contributed by atoms with E-state index in [0.29, 0.717) is 22.7 Å². The van der Waals surface area contributed by atoms with Crippen LogP contribution in [0.25, 0.3) is 0 Å². The van der Waals surface area contributed by atoms with Crippen LogP contribution in [0.15, 0.2) is 18.2 Å². The number of carbonyl (C=O) groups excluding carboxylic acids is 1. The minimum atomic E-state index is 0.355. The number of hydrogen-bond acceptors (Lipinski definition) is 3. The van der Waals surface area contributed by atoms with E-state index in [1.165, 1.54) is 44.9 Å². The SMILES string of the molecule is Nc1ccc(N(CC2CCC2)C2CCN(C(=O)CCC3CCCC3)C2)cc1Cl. The summed E-state index contributed by atoms with van der Waals surface area (Å²) in [5.74, 6) is 1.91. The molecule has 3 aliphatic rings. The van der Waals surface area contributed by atoms with Gasteiger partial charge in [0.2, 0.25) is 5.91 Å². The maximum absolute atomic E-state index is 12.8. The highest BCUT2D eigenvalue weighted by Crippen LogP contribution is 2.34. The number of carbonyl (C=O) groups is 1. The molecule has 4 nitrogen and oxygen atoms in total. The van der Waals surface area contributed by atoms with Crippen molar-refractivity contribution in [1.82, 2.24) is 4.90 Å². The van der Waals surface area contributed by atoms with Gasteiger partial charge in [-0.15, -0.1) is 0 Å².